The number of allylic oxidation sites excluding steroid dienone is 1. The molecule has 2 heteroatoms. The fourth-order valence-corrected chi connectivity index (χ4v) is 2.18. The Kier molecular flexibility index (Phi) is 2.18. The van der Waals surface area contributed by atoms with Crippen molar-refractivity contribution < 1.29 is 4.39 Å². The zero-order valence-electron chi connectivity index (χ0n) is 7.41. The molecule has 0 radical (unpaired) electrons. The summed E-state index contributed by atoms with van der Waals surface area (Å²) in [5.74, 6) is 0. The summed E-state index contributed by atoms with van der Waals surface area (Å²) in [6.45, 7) is 1.38. The van der Waals surface area contributed by atoms with Crippen molar-refractivity contribution in [2.45, 2.75) is 37.8 Å². The van der Waals surface area contributed by atoms with E-state index in [9.17, 15) is 4.39 Å². The summed E-state index contributed by atoms with van der Waals surface area (Å²) in [5, 5.41) is 3.09. The normalized spacial score (nSPS) is 36.6. The predicted octanol–water partition coefficient (Wildman–Crippen LogP) is 2.19. The van der Waals surface area contributed by atoms with E-state index in [4.69, 9.17) is 0 Å². The molecule has 68 valence electrons. The van der Waals surface area contributed by atoms with Gasteiger partial charge >= 0.3 is 0 Å². The third kappa shape index (κ3) is 1.40. The summed E-state index contributed by atoms with van der Waals surface area (Å²) >= 11 is 0. The van der Waals surface area contributed by atoms with Crippen molar-refractivity contribution in [2.75, 3.05) is 13.1 Å². The summed E-state index contributed by atoms with van der Waals surface area (Å²) in [5.41, 5.74) is 0.0826. The highest BCUT2D eigenvalue weighted by atomic mass is 19.1. The average Bonchev–Trinajstić information content (AvgIpc) is 2.55. The molecule has 0 aromatic rings. The third-order valence-corrected chi connectivity index (χ3v) is 2.97. The van der Waals surface area contributed by atoms with Gasteiger partial charge in [-0.25, -0.2) is 4.39 Å². The van der Waals surface area contributed by atoms with E-state index in [-0.39, 0.29) is 0 Å². The lowest BCUT2D eigenvalue weighted by Gasteiger charge is -2.24. The van der Waals surface area contributed by atoms with Crippen molar-refractivity contribution in [3.8, 4) is 0 Å². The van der Waals surface area contributed by atoms with Gasteiger partial charge in [-0.1, -0.05) is 6.08 Å². The van der Waals surface area contributed by atoms with Crippen LogP contribution in [0.1, 0.15) is 32.1 Å². The molecule has 2 rings (SSSR count). The quantitative estimate of drug-likeness (QED) is 0.593. The number of halogens is 1. The van der Waals surface area contributed by atoms with E-state index in [2.05, 4.69) is 11.4 Å². The van der Waals surface area contributed by atoms with Crippen LogP contribution in [0, 0.1) is 0 Å². The van der Waals surface area contributed by atoms with Crippen LogP contribution in [0.3, 0.4) is 0 Å². The van der Waals surface area contributed by atoms with Crippen LogP contribution in [0.2, 0.25) is 0 Å². The van der Waals surface area contributed by atoms with Gasteiger partial charge in [-0.3, -0.25) is 0 Å². The van der Waals surface area contributed by atoms with Crippen LogP contribution in [-0.2, 0) is 0 Å². The first-order chi connectivity index (χ1) is 5.81. The van der Waals surface area contributed by atoms with E-state index in [1.54, 1.807) is 0 Å². The molecule has 0 aromatic carbocycles. The van der Waals surface area contributed by atoms with Crippen molar-refractivity contribution in [1.82, 2.24) is 5.32 Å². The van der Waals surface area contributed by atoms with Crippen molar-refractivity contribution in [3.63, 3.8) is 0 Å². The molecule has 0 aromatic heterocycles. The minimum Gasteiger partial charge on any atom is -0.313 e. The maximum Gasteiger partial charge on any atom is 0.145 e. The SMILES string of the molecule is FC1(C2=CCCCC2)CCNC1. The van der Waals surface area contributed by atoms with Crippen molar-refractivity contribution in [3.05, 3.63) is 11.6 Å². The van der Waals surface area contributed by atoms with Crippen molar-refractivity contribution >= 4 is 0 Å². The smallest absolute Gasteiger partial charge is 0.145 e. The standard InChI is InChI=1S/C10H16FN/c11-10(6-7-12-8-10)9-4-2-1-3-5-9/h4,12H,1-3,5-8H2. The van der Waals surface area contributed by atoms with E-state index < -0.39 is 5.67 Å². The van der Waals surface area contributed by atoms with Gasteiger partial charge in [0.2, 0.25) is 0 Å². The second-order valence-electron chi connectivity index (χ2n) is 3.87. The maximum absolute atomic E-state index is 14.1. The molecular weight excluding hydrogens is 153 g/mol. The zero-order valence-corrected chi connectivity index (χ0v) is 7.41. The second kappa shape index (κ2) is 3.17. The largest absolute Gasteiger partial charge is 0.313 e. The maximum atomic E-state index is 14.1. The Balaban J connectivity index is 2.10. The lowest BCUT2D eigenvalue weighted by Crippen LogP contribution is -2.29. The fourth-order valence-electron chi connectivity index (χ4n) is 2.18. The Morgan fingerprint density at radius 3 is 2.92 bits per heavy atom. The average molecular weight is 169 g/mol. The number of hydrogen-bond donors (Lipinski definition) is 1. The van der Waals surface area contributed by atoms with E-state index in [0.29, 0.717) is 13.0 Å². The van der Waals surface area contributed by atoms with Crippen LogP contribution in [0.15, 0.2) is 11.6 Å². The molecule has 1 saturated heterocycles. The van der Waals surface area contributed by atoms with E-state index in [1.165, 1.54) is 12.8 Å². The Labute approximate surface area is 73.0 Å². The molecule has 1 atom stereocenters. The minimum atomic E-state index is -0.986. The van der Waals surface area contributed by atoms with Gasteiger partial charge in [0.05, 0.1) is 0 Å². The molecule has 2 aliphatic rings. The molecule has 1 unspecified atom stereocenters. The van der Waals surface area contributed by atoms with Gasteiger partial charge in [0.25, 0.3) is 0 Å². The molecular formula is C10H16FN. The van der Waals surface area contributed by atoms with Crippen LogP contribution in [0.5, 0.6) is 0 Å². The lowest BCUT2D eigenvalue weighted by atomic mass is 9.86. The first kappa shape index (κ1) is 8.24. The molecule has 1 aliphatic heterocycles. The Hall–Kier alpha value is -0.370. The van der Waals surface area contributed by atoms with Gasteiger partial charge in [-0.15, -0.1) is 0 Å². The summed E-state index contributed by atoms with van der Waals surface area (Å²) in [6, 6.07) is 0. The Bertz CT molecular complexity index is 192. The second-order valence-corrected chi connectivity index (χ2v) is 3.87. The van der Waals surface area contributed by atoms with E-state index in [0.717, 1.165) is 25.0 Å². The summed E-state index contributed by atoms with van der Waals surface area (Å²) in [6.07, 6.45) is 7.29. The summed E-state index contributed by atoms with van der Waals surface area (Å²) < 4.78 is 14.1. The zero-order chi connectivity index (χ0) is 8.44. The molecule has 1 N–H and O–H groups in total. The van der Waals surface area contributed by atoms with Crippen molar-refractivity contribution in [2.24, 2.45) is 0 Å². The number of nitrogens with one attached hydrogen (secondary N) is 1. The van der Waals surface area contributed by atoms with Crippen LogP contribution in [0.4, 0.5) is 4.39 Å². The van der Waals surface area contributed by atoms with Crippen molar-refractivity contribution in [1.29, 1.82) is 0 Å². The highest BCUT2D eigenvalue weighted by Crippen LogP contribution is 2.34. The molecule has 0 spiro atoms. The molecule has 0 amide bonds. The van der Waals surface area contributed by atoms with E-state index in [1.807, 2.05) is 0 Å². The minimum absolute atomic E-state index is 0.541. The summed E-state index contributed by atoms with van der Waals surface area (Å²) in [4.78, 5) is 0. The van der Waals surface area contributed by atoms with Gasteiger partial charge in [0, 0.05) is 6.54 Å². The monoisotopic (exact) mass is 169 g/mol. The Morgan fingerprint density at radius 2 is 2.33 bits per heavy atom. The predicted molar refractivity (Wildman–Crippen MR) is 47.9 cm³/mol. The molecule has 0 saturated carbocycles. The molecule has 12 heavy (non-hydrogen) atoms. The third-order valence-electron chi connectivity index (χ3n) is 2.97. The first-order valence-electron chi connectivity index (χ1n) is 4.90. The molecule has 0 bridgehead atoms. The van der Waals surface area contributed by atoms with Crippen LogP contribution >= 0.6 is 0 Å². The Morgan fingerprint density at radius 1 is 1.42 bits per heavy atom. The number of rotatable bonds is 1. The van der Waals surface area contributed by atoms with Crippen LogP contribution in [-0.4, -0.2) is 18.8 Å². The van der Waals surface area contributed by atoms with Gasteiger partial charge < -0.3 is 5.32 Å². The number of hydrogen-bond acceptors (Lipinski definition) is 1. The van der Waals surface area contributed by atoms with Gasteiger partial charge in [0.1, 0.15) is 5.67 Å². The molecule has 1 fully saturated rings. The van der Waals surface area contributed by atoms with E-state index >= 15 is 0 Å². The lowest BCUT2D eigenvalue weighted by molar-refractivity contribution is 0.229. The first-order valence-corrected chi connectivity index (χ1v) is 4.90. The molecule has 1 heterocycles. The molecule has 1 aliphatic carbocycles. The van der Waals surface area contributed by atoms with Gasteiger partial charge in [0.15, 0.2) is 0 Å². The van der Waals surface area contributed by atoms with Crippen LogP contribution in [0.25, 0.3) is 0 Å². The van der Waals surface area contributed by atoms with Gasteiger partial charge in [-0.2, -0.15) is 0 Å². The highest BCUT2D eigenvalue weighted by molar-refractivity contribution is 5.21. The molecule has 1 nitrogen and oxygen atoms in total. The highest BCUT2D eigenvalue weighted by Gasteiger charge is 2.37. The topological polar surface area (TPSA) is 12.0 Å². The fraction of sp³-hybridized carbons (Fsp3) is 0.800. The van der Waals surface area contributed by atoms with Gasteiger partial charge in [-0.05, 0) is 44.2 Å². The number of alkyl halides is 1. The summed E-state index contributed by atoms with van der Waals surface area (Å²) in [7, 11) is 0. The van der Waals surface area contributed by atoms with Crippen LogP contribution < -0.4 is 5.32 Å².